The summed E-state index contributed by atoms with van der Waals surface area (Å²) >= 11 is 0. The Labute approximate surface area is 106 Å². The monoisotopic (exact) mass is 276 g/mol. The van der Waals surface area contributed by atoms with E-state index in [4.69, 9.17) is 4.74 Å². The van der Waals surface area contributed by atoms with Crippen LogP contribution in [0.1, 0.15) is 25.0 Å². The second-order valence-corrected chi connectivity index (χ2v) is 6.45. The quantitative estimate of drug-likeness (QED) is 0.803. The predicted molar refractivity (Wildman–Crippen MR) is 66.9 cm³/mol. The molecule has 1 aromatic carbocycles. The van der Waals surface area contributed by atoms with Gasteiger partial charge in [0.25, 0.3) is 0 Å². The van der Waals surface area contributed by atoms with Gasteiger partial charge in [-0.2, -0.15) is 0 Å². The Bertz CT molecular complexity index is 497. The third-order valence-corrected chi connectivity index (χ3v) is 3.37. The van der Waals surface area contributed by atoms with Crippen LogP contribution in [0, 0.1) is 5.82 Å². The van der Waals surface area contributed by atoms with E-state index in [0.717, 1.165) is 6.26 Å². The SMILES string of the molecule is CC(O)c1cc(F)ccc1OCCCS(C)(=O)=O. The fraction of sp³-hybridized carbons (Fsp3) is 0.500. The van der Waals surface area contributed by atoms with Gasteiger partial charge in [-0.25, -0.2) is 12.8 Å². The van der Waals surface area contributed by atoms with Gasteiger partial charge in [-0.15, -0.1) is 0 Å². The number of aliphatic hydroxyl groups excluding tert-OH is 1. The molecule has 102 valence electrons. The van der Waals surface area contributed by atoms with E-state index in [9.17, 15) is 17.9 Å². The number of halogens is 1. The van der Waals surface area contributed by atoms with E-state index in [0.29, 0.717) is 17.7 Å². The first-order valence-electron chi connectivity index (χ1n) is 5.57. The number of rotatable bonds is 6. The minimum Gasteiger partial charge on any atom is -0.493 e. The summed E-state index contributed by atoms with van der Waals surface area (Å²) in [6, 6.07) is 3.87. The fourth-order valence-corrected chi connectivity index (χ4v) is 2.12. The average molecular weight is 276 g/mol. The van der Waals surface area contributed by atoms with Gasteiger partial charge in [0.1, 0.15) is 21.4 Å². The third kappa shape index (κ3) is 5.01. The molecule has 4 nitrogen and oxygen atoms in total. The molecule has 1 N–H and O–H groups in total. The highest BCUT2D eigenvalue weighted by Crippen LogP contribution is 2.26. The summed E-state index contributed by atoms with van der Waals surface area (Å²) in [4.78, 5) is 0. The number of hydrogen-bond acceptors (Lipinski definition) is 4. The Morgan fingerprint density at radius 2 is 2.11 bits per heavy atom. The Kier molecular flexibility index (Phi) is 5.10. The summed E-state index contributed by atoms with van der Waals surface area (Å²) in [5.74, 6) is -0.0348. The van der Waals surface area contributed by atoms with Crippen LogP contribution in [0.3, 0.4) is 0 Å². The Morgan fingerprint density at radius 3 is 2.67 bits per heavy atom. The normalized spacial score (nSPS) is 13.3. The van der Waals surface area contributed by atoms with Crippen LogP contribution in [0.5, 0.6) is 5.75 Å². The van der Waals surface area contributed by atoms with Gasteiger partial charge in [-0.05, 0) is 31.5 Å². The van der Waals surface area contributed by atoms with Gasteiger partial charge in [-0.3, -0.25) is 0 Å². The third-order valence-electron chi connectivity index (χ3n) is 2.34. The maximum atomic E-state index is 13.0. The Morgan fingerprint density at radius 1 is 1.44 bits per heavy atom. The van der Waals surface area contributed by atoms with E-state index in [1.54, 1.807) is 0 Å². The molecule has 0 aliphatic carbocycles. The molecular weight excluding hydrogens is 259 g/mol. The van der Waals surface area contributed by atoms with E-state index in [2.05, 4.69) is 0 Å². The molecule has 0 radical (unpaired) electrons. The summed E-state index contributed by atoms with van der Waals surface area (Å²) in [5.41, 5.74) is 0.356. The molecule has 0 fully saturated rings. The molecule has 0 spiro atoms. The average Bonchev–Trinajstić information content (AvgIpc) is 2.24. The molecule has 6 heteroatoms. The van der Waals surface area contributed by atoms with Crippen molar-refractivity contribution in [2.45, 2.75) is 19.4 Å². The van der Waals surface area contributed by atoms with E-state index in [1.807, 2.05) is 0 Å². The molecule has 0 amide bonds. The molecule has 0 aromatic heterocycles. The first-order chi connectivity index (χ1) is 8.29. The van der Waals surface area contributed by atoms with Crippen molar-refractivity contribution in [2.75, 3.05) is 18.6 Å². The number of hydrogen-bond donors (Lipinski definition) is 1. The van der Waals surface area contributed by atoms with Gasteiger partial charge in [0.15, 0.2) is 0 Å². The lowest BCUT2D eigenvalue weighted by molar-refractivity contribution is 0.190. The zero-order chi connectivity index (χ0) is 13.8. The molecule has 0 bridgehead atoms. The van der Waals surface area contributed by atoms with Gasteiger partial charge in [0.05, 0.1) is 18.5 Å². The highest BCUT2D eigenvalue weighted by Gasteiger charge is 2.11. The number of ether oxygens (including phenoxy) is 1. The number of sulfone groups is 1. The molecule has 0 saturated carbocycles. The minimum atomic E-state index is -3.00. The smallest absolute Gasteiger partial charge is 0.147 e. The maximum Gasteiger partial charge on any atom is 0.147 e. The van der Waals surface area contributed by atoms with Crippen molar-refractivity contribution in [3.63, 3.8) is 0 Å². The van der Waals surface area contributed by atoms with E-state index < -0.39 is 21.8 Å². The second-order valence-electron chi connectivity index (χ2n) is 4.19. The molecule has 18 heavy (non-hydrogen) atoms. The van der Waals surface area contributed by atoms with Crippen LogP contribution in [-0.2, 0) is 9.84 Å². The molecule has 1 unspecified atom stereocenters. The topological polar surface area (TPSA) is 63.6 Å². The second kappa shape index (κ2) is 6.15. The molecule has 1 aromatic rings. The van der Waals surface area contributed by atoms with Crippen molar-refractivity contribution >= 4 is 9.84 Å². The predicted octanol–water partition coefficient (Wildman–Crippen LogP) is 1.69. The van der Waals surface area contributed by atoms with Gasteiger partial charge < -0.3 is 9.84 Å². The Balaban J connectivity index is 2.62. The number of benzene rings is 1. The molecule has 0 aliphatic heterocycles. The summed E-state index contributed by atoms with van der Waals surface area (Å²) in [6.07, 6.45) is 0.673. The highest BCUT2D eigenvalue weighted by molar-refractivity contribution is 7.90. The summed E-state index contributed by atoms with van der Waals surface area (Å²) < 4.78 is 40.2. The lowest BCUT2D eigenvalue weighted by Crippen LogP contribution is -2.09. The van der Waals surface area contributed by atoms with Gasteiger partial charge in [0, 0.05) is 11.8 Å². The van der Waals surface area contributed by atoms with E-state index >= 15 is 0 Å². The number of aliphatic hydroxyl groups is 1. The molecule has 1 atom stereocenters. The van der Waals surface area contributed by atoms with Crippen molar-refractivity contribution in [3.05, 3.63) is 29.6 Å². The molecule has 0 aliphatic rings. The van der Waals surface area contributed by atoms with E-state index in [-0.39, 0.29) is 12.4 Å². The van der Waals surface area contributed by atoms with E-state index in [1.165, 1.54) is 25.1 Å². The van der Waals surface area contributed by atoms with Gasteiger partial charge in [0.2, 0.25) is 0 Å². The minimum absolute atomic E-state index is 0.0399. The standard InChI is InChI=1S/C12H17FO4S/c1-9(14)11-8-10(13)4-5-12(11)17-6-3-7-18(2,15)16/h4-5,8-9,14H,3,6-7H2,1-2H3. The maximum absolute atomic E-state index is 13.0. The van der Waals surface area contributed by atoms with Crippen LogP contribution in [0.2, 0.25) is 0 Å². The Hall–Kier alpha value is -1.14. The summed E-state index contributed by atoms with van der Waals surface area (Å²) in [7, 11) is -3.00. The summed E-state index contributed by atoms with van der Waals surface area (Å²) in [5, 5.41) is 9.47. The van der Waals surface area contributed by atoms with Crippen molar-refractivity contribution in [1.29, 1.82) is 0 Å². The first kappa shape index (κ1) is 14.9. The first-order valence-corrected chi connectivity index (χ1v) is 7.63. The zero-order valence-corrected chi connectivity index (χ0v) is 11.2. The van der Waals surface area contributed by atoms with Crippen LogP contribution in [0.4, 0.5) is 4.39 Å². The lowest BCUT2D eigenvalue weighted by atomic mass is 10.1. The fourth-order valence-electron chi connectivity index (χ4n) is 1.48. The molecule has 1 rings (SSSR count). The van der Waals surface area contributed by atoms with Crippen molar-refractivity contribution in [1.82, 2.24) is 0 Å². The van der Waals surface area contributed by atoms with Crippen molar-refractivity contribution in [2.24, 2.45) is 0 Å². The van der Waals surface area contributed by atoms with Crippen LogP contribution < -0.4 is 4.74 Å². The van der Waals surface area contributed by atoms with Crippen LogP contribution in [0.15, 0.2) is 18.2 Å². The zero-order valence-electron chi connectivity index (χ0n) is 10.4. The largest absolute Gasteiger partial charge is 0.493 e. The van der Waals surface area contributed by atoms with Crippen molar-refractivity contribution in [3.8, 4) is 5.75 Å². The van der Waals surface area contributed by atoms with Gasteiger partial charge >= 0.3 is 0 Å². The van der Waals surface area contributed by atoms with Crippen LogP contribution >= 0.6 is 0 Å². The van der Waals surface area contributed by atoms with Gasteiger partial charge in [-0.1, -0.05) is 0 Å². The van der Waals surface area contributed by atoms with Crippen molar-refractivity contribution < 1.29 is 22.7 Å². The van der Waals surface area contributed by atoms with Crippen LogP contribution in [0.25, 0.3) is 0 Å². The highest BCUT2D eigenvalue weighted by atomic mass is 32.2. The van der Waals surface area contributed by atoms with Crippen LogP contribution in [-0.4, -0.2) is 32.1 Å². The molecular formula is C12H17FO4S. The summed E-state index contributed by atoms with van der Waals surface area (Å²) in [6.45, 7) is 1.72. The molecule has 0 heterocycles. The lowest BCUT2D eigenvalue weighted by Gasteiger charge is -2.13. The molecule has 0 saturated heterocycles.